The second kappa shape index (κ2) is 7.66. The van der Waals surface area contributed by atoms with Gasteiger partial charge in [0.25, 0.3) is 0 Å². The van der Waals surface area contributed by atoms with Crippen LogP contribution in [0.1, 0.15) is 59.8 Å². The Bertz CT molecular complexity index is 564. The van der Waals surface area contributed by atoms with Crippen molar-refractivity contribution in [2.24, 2.45) is 11.8 Å². The van der Waals surface area contributed by atoms with Gasteiger partial charge in [0.15, 0.2) is 0 Å². The third-order valence-corrected chi connectivity index (χ3v) is 5.34. The Labute approximate surface area is 140 Å². The predicted octanol–water partition coefficient (Wildman–Crippen LogP) is 3.82. The maximum absolute atomic E-state index is 5.95. The number of nitrogens with two attached hydrogens (primary N) is 1. The van der Waals surface area contributed by atoms with Crippen LogP contribution < -0.4 is 11.1 Å². The minimum Gasteiger partial charge on any atom is -0.368 e. The van der Waals surface area contributed by atoms with Gasteiger partial charge in [0.05, 0.1) is 0 Å². The van der Waals surface area contributed by atoms with Crippen LogP contribution >= 0.6 is 0 Å². The van der Waals surface area contributed by atoms with Gasteiger partial charge >= 0.3 is 0 Å². The van der Waals surface area contributed by atoms with E-state index < -0.39 is 0 Å². The predicted molar refractivity (Wildman–Crippen MR) is 96.5 cm³/mol. The fourth-order valence-electron chi connectivity index (χ4n) is 3.31. The van der Waals surface area contributed by atoms with Crippen LogP contribution in [0.5, 0.6) is 0 Å². The van der Waals surface area contributed by atoms with Crippen molar-refractivity contribution in [1.29, 1.82) is 0 Å². The lowest BCUT2D eigenvalue weighted by atomic mass is 9.78. The molecule has 1 atom stereocenters. The molecule has 1 heterocycles. The zero-order chi connectivity index (χ0) is 17.0. The molecule has 0 aliphatic heterocycles. The highest BCUT2D eigenvalue weighted by Crippen LogP contribution is 2.32. The molecule has 0 radical (unpaired) electrons. The van der Waals surface area contributed by atoms with Crippen molar-refractivity contribution in [3.05, 3.63) is 24.1 Å². The van der Waals surface area contributed by atoms with Gasteiger partial charge in [-0.05, 0) is 56.9 Å². The highest BCUT2D eigenvalue weighted by atomic mass is 15.4. The zero-order valence-corrected chi connectivity index (χ0v) is 15.0. The lowest BCUT2D eigenvalue weighted by Gasteiger charge is -2.33. The van der Waals surface area contributed by atoms with E-state index in [1.807, 2.05) is 6.92 Å². The summed E-state index contributed by atoms with van der Waals surface area (Å²) in [5, 5.41) is 7.92. The molecule has 1 aliphatic carbocycles. The molecule has 0 saturated heterocycles. The summed E-state index contributed by atoms with van der Waals surface area (Å²) in [6.07, 6.45) is 7.73. The Morgan fingerprint density at radius 1 is 1.39 bits per heavy atom. The van der Waals surface area contributed by atoms with Crippen molar-refractivity contribution in [2.75, 3.05) is 5.73 Å². The number of hydrogen-bond donors (Lipinski definition) is 2. The van der Waals surface area contributed by atoms with Crippen LogP contribution in [-0.4, -0.2) is 20.8 Å². The van der Waals surface area contributed by atoms with Crippen LogP contribution in [-0.2, 0) is 0 Å². The van der Waals surface area contributed by atoms with Gasteiger partial charge in [-0.3, -0.25) is 0 Å². The summed E-state index contributed by atoms with van der Waals surface area (Å²) in [4.78, 5) is 4.04. The number of rotatable bonds is 6. The summed E-state index contributed by atoms with van der Waals surface area (Å²) in [5.41, 5.74) is 8.03. The minimum absolute atomic E-state index is 0.404. The molecule has 1 aromatic rings. The van der Waals surface area contributed by atoms with Gasteiger partial charge in [-0.1, -0.05) is 32.4 Å². The van der Waals surface area contributed by atoms with Crippen molar-refractivity contribution < 1.29 is 0 Å². The Hall–Kier alpha value is -1.78. The van der Waals surface area contributed by atoms with Crippen molar-refractivity contribution in [1.82, 2.24) is 20.1 Å². The molecular weight excluding hydrogens is 286 g/mol. The van der Waals surface area contributed by atoms with E-state index in [2.05, 4.69) is 42.7 Å². The van der Waals surface area contributed by atoms with E-state index in [-0.39, 0.29) is 0 Å². The normalized spacial score (nSPS) is 24.0. The average Bonchev–Trinajstić information content (AvgIpc) is 2.97. The quantitative estimate of drug-likeness (QED) is 0.783. The number of anilines is 1. The number of allylic oxidation sites excluding steroid dienone is 2. The lowest BCUT2D eigenvalue weighted by molar-refractivity contribution is 0.231. The molecule has 0 aromatic carbocycles. The summed E-state index contributed by atoms with van der Waals surface area (Å²) < 4.78 is 1.69. The van der Waals surface area contributed by atoms with Crippen molar-refractivity contribution >= 4 is 11.8 Å². The Morgan fingerprint density at radius 3 is 2.52 bits per heavy atom. The van der Waals surface area contributed by atoms with Gasteiger partial charge in [0.1, 0.15) is 12.1 Å². The Morgan fingerprint density at radius 2 is 2.04 bits per heavy atom. The van der Waals surface area contributed by atoms with Crippen molar-refractivity contribution in [3.63, 3.8) is 0 Å². The molecule has 5 nitrogen and oxygen atoms in total. The largest absolute Gasteiger partial charge is 0.368 e. The first-order chi connectivity index (χ1) is 10.9. The van der Waals surface area contributed by atoms with E-state index in [0.29, 0.717) is 12.0 Å². The summed E-state index contributed by atoms with van der Waals surface area (Å²) in [7, 11) is 0. The highest BCUT2D eigenvalue weighted by Gasteiger charge is 2.25. The SMILES string of the molecule is C=C(C)/C(C)=C(/N[C@H]1CC[C@H](C(C)CC)CC1)n1ncnc1N. The third kappa shape index (κ3) is 4.15. The Kier molecular flexibility index (Phi) is 5.85. The number of nitrogens with one attached hydrogen (secondary N) is 1. The van der Waals surface area contributed by atoms with Crippen LogP contribution in [0.15, 0.2) is 24.1 Å². The maximum atomic E-state index is 5.95. The molecule has 1 aromatic heterocycles. The zero-order valence-electron chi connectivity index (χ0n) is 15.0. The van der Waals surface area contributed by atoms with Crippen LogP contribution in [0, 0.1) is 11.8 Å². The van der Waals surface area contributed by atoms with Gasteiger partial charge in [-0.15, -0.1) is 0 Å². The van der Waals surface area contributed by atoms with Crippen molar-refractivity contribution in [3.8, 4) is 0 Å². The summed E-state index contributed by atoms with van der Waals surface area (Å²) >= 11 is 0. The Balaban J connectivity index is 2.11. The first kappa shape index (κ1) is 17.6. The van der Waals surface area contributed by atoms with E-state index in [9.17, 15) is 0 Å². The maximum Gasteiger partial charge on any atom is 0.224 e. The van der Waals surface area contributed by atoms with Crippen LogP contribution in [0.25, 0.3) is 5.82 Å². The molecule has 1 fully saturated rings. The molecular formula is C18H31N5. The number of hydrogen-bond acceptors (Lipinski definition) is 4. The van der Waals surface area contributed by atoms with E-state index in [4.69, 9.17) is 5.73 Å². The molecule has 128 valence electrons. The number of nitrogen functional groups attached to an aromatic ring is 1. The number of nitrogens with zero attached hydrogens (tertiary/aromatic N) is 3. The molecule has 1 saturated carbocycles. The molecule has 0 spiro atoms. The summed E-state index contributed by atoms with van der Waals surface area (Å²) in [6, 6.07) is 0.461. The molecule has 0 amide bonds. The van der Waals surface area contributed by atoms with Gasteiger partial charge in [-0.2, -0.15) is 14.8 Å². The fraction of sp³-hybridized carbons (Fsp3) is 0.667. The average molecular weight is 317 g/mol. The van der Waals surface area contributed by atoms with E-state index in [1.54, 1.807) is 4.68 Å². The summed E-state index contributed by atoms with van der Waals surface area (Å²) in [5.74, 6) is 3.01. The van der Waals surface area contributed by atoms with Gasteiger partial charge in [0, 0.05) is 6.04 Å². The third-order valence-electron chi connectivity index (χ3n) is 5.34. The molecule has 1 aliphatic rings. The fourth-order valence-corrected chi connectivity index (χ4v) is 3.31. The van der Waals surface area contributed by atoms with E-state index in [1.165, 1.54) is 38.4 Å². The lowest BCUT2D eigenvalue weighted by Crippen LogP contribution is -2.36. The monoisotopic (exact) mass is 317 g/mol. The molecule has 1 unspecified atom stereocenters. The standard InChI is InChI=1S/C18H31N5/c1-6-13(4)15-7-9-16(10-8-15)22-17(14(5)12(2)3)23-18(19)20-11-21-23/h11,13,15-16,22H,2,6-10H2,1,3-5H3,(H2,19,20,21)/b17-14-/t13?,15-,16-. The van der Waals surface area contributed by atoms with Gasteiger partial charge in [0.2, 0.25) is 5.95 Å². The molecule has 23 heavy (non-hydrogen) atoms. The van der Waals surface area contributed by atoms with Gasteiger partial charge < -0.3 is 11.1 Å². The molecule has 2 rings (SSSR count). The topological polar surface area (TPSA) is 68.8 Å². The smallest absolute Gasteiger partial charge is 0.224 e. The second-order valence-electron chi connectivity index (χ2n) is 6.93. The first-order valence-corrected chi connectivity index (χ1v) is 8.73. The van der Waals surface area contributed by atoms with Crippen LogP contribution in [0.4, 0.5) is 5.95 Å². The van der Waals surface area contributed by atoms with E-state index >= 15 is 0 Å². The number of aromatic nitrogens is 3. The van der Waals surface area contributed by atoms with Crippen LogP contribution in [0.2, 0.25) is 0 Å². The molecule has 0 bridgehead atoms. The molecule has 5 heteroatoms. The van der Waals surface area contributed by atoms with Crippen LogP contribution in [0.3, 0.4) is 0 Å². The first-order valence-electron chi connectivity index (χ1n) is 8.73. The summed E-state index contributed by atoms with van der Waals surface area (Å²) in [6.45, 7) is 12.8. The highest BCUT2D eigenvalue weighted by molar-refractivity contribution is 5.56. The molecule has 3 N–H and O–H groups in total. The van der Waals surface area contributed by atoms with E-state index in [0.717, 1.165) is 28.8 Å². The van der Waals surface area contributed by atoms with Crippen molar-refractivity contribution in [2.45, 2.75) is 65.8 Å². The second-order valence-corrected chi connectivity index (χ2v) is 6.93. The minimum atomic E-state index is 0.404. The van der Waals surface area contributed by atoms with Gasteiger partial charge in [-0.25, -0.2) is 0 Å².